The fourth-order valence-corrected chi connectivity index (χ4v) is 2.98. The van der Waals surface area contributed by atoms with Crippen LogP contribution in [0.3, 0.4) is 0 Å². The van der Waals surface area contributed by atoms with E-state index in [4.69, 9.17) is 5.26 Å². The van der Waals surface area contributed by atoms with Gasteiger partial charge in [-0.3, -0.25) is 4.79 Å². The second-order valence-electron chi connectivity index (χ2n) is 4.82. The van der Waals surface area contributed by atoms with Crippen molar-refractivity contribution in [1.29, 1.82) is 5.26 Å². The van der Waals surface area contributed by atoms with Crippen molar-refractivity contribution >= 4 is 17.9 Å². The van der Waals surface area contributed by atoms with E-state index in [2.05, 4.69) is 16.1 Å². The van der Waals surface area contributed by atoms with Gasteiger partial charge in [-0.05, 0) is 37.1 Å². The number of nitriles is 1. The number of hydrogen-bond donors (Lipinski definition) is 2. The van der Waals surface area contributed by atoms with Crippen LogP contribution >= 0.6 is 11.9 Å². The van der Waals surface area contributed by atoms with Crippen molar-refractivity contribution in [2.75, 3.05) is 0 Å². The zero-order valence-electron chi connectivity index (χ0n) is 11.4. The number of carbonyl (C=O) groups is 1. The molecule has 1 aliphatic rings. The smallest absolute Gasteiger partial charge is 0.254 e. The van der Waals surface area contributed by atoms with Crippen LogP contribution in [-0.2, 0) is 0 Å². The molecule has 0 spiro atoms. The van der Waals surface area contributed by atoms with Crippen molar-refractivity contribution in [2.24, 2.45) is 0 Å². The third-order valence-corrected chi connectivity index (χ3v) is 4.21. The molecule has 0 aromatic heterocycles. The van der Waals surface area contributed by atoms with E-state index in [1.54, 1.807) is 12.1 Å². The average Bonchev–Trinajstić information content (AvgIpc) is 2.83. The number of fused-ring (bicyclic) bond motifs is 1. The summed E-state index contributed by atoms with van der Waals surface area (Å²) in [5.74, 6) is -0.204. The van der Waals surface area contributed by atoms with Crippen LogP contribution in [0.15, 0.2) is 47.4 Å². The molecule has 2 N–H and O–H groups in total. The Morgan fingerprint density at radius 2 is 2.00 bits per heavy atom. The van der Waals surface area contributed by atoms with Gasteiger partial charge < -0.3 is 5.32 Å². The first-order chi connectivity index (χ1) is 10.2. The Morgan fingerprint density at radius 3 is 2.71 bits per heavy atom. The van der Waals surface area contributed by atoms with Gasteiger partial charge in [-0.1, -0.05) is 29.8 Å². The van der Waals surface area contributed by atoms with E-state index in [9.17, 15) is 4.79 Å². The Bertz CT molecular complexity index is 734. The third kappa shape index (κ3) is 2.64. The Labute approximate surface area is 127 Å². The molecule has 1 unspecified atom stereocenters. The Hall–Kier alpha value is -2.29. The first-order valence-electron chi connectivity index (χ1n) is 6.52. The second-order valence-corrected chi connectivity index (χ2v) is 5.73. The van der Waals surface area contributed by atoms with Crippen LogP contribution in [0.1, 0.15) is 33.2 Å². The monoisotopic (exact) mass is 295 g/mol. The van der Waals surface area contributed by atoms with E-state index in [1.807, 2.05) is 37.3 Å². The highest BCUT2D eigenvalue weighted by atomic mass is 32.2. The van der Waals surface area contributed by atoms with Gasteiger partial charge in [-0.25, -0.2) is 4.72 Å². The molecule has 0 bridgehead atoms. The van der Waals surface area contributed by atoms with Crippen LogP contribution in [0.25, 0.3) is 0 Å². The maximum atomic E-state index is 12.0. The van der Waals surface area contributed by atoms with Crippen LogP contribution < -0.4 is 10.0 Å². The predicted molar refractivity (Wildman–Crippen MR) is 81.5 cm³/mol. The van der Waals surface area contributed by atoms with Crippen LogP contribution in [0.2, 0.25) is 0 Å². The average molecular weight is 295 g/mol. The molecule has 4 nitrogen and oxygen atoms in total. The number of hydrogen-bond acceptors (Lipinski definition) is 4. The molecule has 2 aromatic carbocycles. The minimum atomic E-state index is -0.285. The molecule has 1 amide bonds. The number of benzene rings is 2. The summed E-state index contributed by atoms with van der Waals surface area (Å²) in [5, 5.41) is 11.9. The quantitative estimate of drug-likeness (QED) is 0.855. The van der Waals surface area contributed by atoms with Gasteiger partial charge in [0.2, 0.25) is 0 Å². The standard InChI is InChI=1S/C16H13N3OS/c1-10-5-7-12(8-6-10)21-19-15-13-4-2-3-11(9-17)14(13)16(20)18-15/h2-8,15,19H,1H3,(H,18,20). The van der Waals surface area contributed by atoms with E-state index in [1.165, 1.54) is 17.5 Å². The Morgan fingerprint density at radius 1 is 1.24 bits per heavy atom. The highest BCUT2D eigenvalue weighted by Gasteiger charge is 2.30. The summed E-state index contributed by atoms with van der Waals surface area (Å²) < 4.78 is 3.23. The summed E-state index contributed by atoms with van der Waals surface area (Å²) in [5.41, 5.74) is 2.91. The lowest BCUT2D eigenvalue weighted by molar-refractivity contribution is 0.0955. The fourth-order valence-electron chi connectivity index (χ4n) is 2.26. The molecular weight excluding hydrogens is 282 g/mol. The number of nitrogens with zero attached hydrogens (tertiary/aromatic N) is 1. The van der Waals surface area contributed by atoms with Crippen LogP contribution in [-0.4, -0.2) is 5.91 Å². The predicted octanol–water partition coefficient (Wildman–Crippen LogP) is 2.91. The topological polar surface area (TPSA) is 64.9 Å². The first kappa shape index (κ1) is 13.7. The van der Waals surface area contributed by atoms with E-state index in [0.717, 1.165) is 10.5 Å². The zero-order chi connectivity index (χ0) is 14.8. The third-order valence-electron chi connectivity index (χ3n) is 3.35. The maximum Gasteiger partial charge on any atom is 0.254 e. The molecule has 1 aliphatic heterocycles. The van der Waals surface area contributed by atoms with E-state index in [0.29, 0.717) is 11.1 Å². The summed E-state index contributed by atoms with van der Waals surface area (Å²) in [6, 6.07) is 15.5. The molecule has 0 fully saturated rings. The van der Waals surface area contributed by atoms with Crippen molar-refractivity contribution in [3.63, 3.8) is 0 Å². The molecular formula is C16H13N3OS. The van der Waals surface area contributed by atoms with Crippen LogP contribution in [0.5, 0.6) is 0 Å². The molecule has 0 aliphatic carbocycles. The van der Waals surface area contributed by atoms with Gasteiger partial charge in [0.1, 0.15) is 6.17 Å². The number of amides is 1. The summed E-state index contributed by atoms with van der Waals surface area (Å²) in [7, 11) is 0. The minimum Gasteiger partial charge on any atom is -0.332 e. The lowest BCUT2D eigenvalue weighted by atomic mass is 10.0. The van der Waals surface area contributed by atoms with Gasteiger partial charge in [-0.2, -0.15) is 5.26 Å². The maximum absolute atomic E-state index is 12.0. The molecule has 2 aromatic rings. The SMILES string of the molecule is Cc1ccc(SNC2NC(=O)c3c(C#N)cccc32)cc1. The Kier molecular flexibility index (Phi) is 3.65. The van der Waals surface area contributed by atoms with Crippen LogP contribution in [0.4, 0.5) is 0 Å². The van der Waals surface area contributed by atoms with Crippen molar-refractivity contribution in [3.8, 4) is 6.07 Å². The minimum absolute atomic E-state index is 0.204. The van der Waals surface area contributed by atoms with Crippen LogP contribution in [0, 0.1) is 18.3 Å². The molecule has 0 radical (unpaired) electrons. The van der Waals surface area contributed by atoms with Crippen molar-refractivity contribution in [2.45, 2.75) is 18.0 Å². The van der Waals surface area contributed by atoms with Gasteiger partial charge >= 0.3 is 0 Å². The second kappa shape index (κ2) is 5.60. The van der Waals surface area contributed by atoms with Gasteiger partial charge in [0.25, 0.3) is 5.91 Å². The highest BCUT2D eigenvalue weighted by molar-refractivity contribution is 7.97. The summed E-state index contributed by atoms with van der Waals surface area (Å²) in [6.07, 6.45) is -0.285. The fraction of sp³-hybridized carbons (Fsp3) is 0.125. The number of rotatable bonds is 3. The van der Waals surface area contributed by atoms with Crippen molar-refractivity contribution in [3.05, 3.63) is 64.7 Å². The molecule has 3 rings (SSSR count). The van der Waals surface area contributed by atoms with E-state index >= 15 is 0 Å². The van der Waals surface area contributed by atoms with E-state index in [-0.39, 0.29) is 12.1 Å². The molecule has 104 valence electrons. The van der Waals surface area contributed by atoms with Gasteiger partial charge in [0.05, 0.1) is 17.2 Å². The molecule has 5 heteroatoms. The summed E-state index contributed by atoms with van der Waals surface area (Å²) in [6.45, 7) is 2.04. The first-order valence-corrected chi connectivity index (χ1v) is 7.33. The molecule has 1 heterocycles. The summed E-state index contributed by atoms with van der Waals surface area (Å²) >= 11 is 1.46. The zero-order valence-corrected chi connectivity index (χ0v) is 12.2. The number of carbonyl (C=O) groups excluding carboxylic acids is 1. The number of aryl methyl sites for hydroxylation is 1. The van der Waals surface area contributed by atoms with Gasteiger partial charge in [-0.15, -0.1) is 0 Å². The molecule has 21 heavy (non-hydrogen) atoms. The van der Waals surface area contributed by atoms with Crippen molar-refractivity contribution in [1.82, 2.24) is 10.0 Å². The molecule has 1 atom stereocenters. The normalized spacial score (nSPS) is 16.2. The molecule has 0 saturated carbocycles. The van der Waals surface area contributed by atoms with Crippen molar-refractivity contribution < 1.29 is 4.79 Å². The lowest BCUT2D eigenvalue weighted by Crippen LogP contribution is -2.27. The number of nitrogens with one attached hydrogen (secondary N) is 2. The largest absolute Gasteiger partial charge is 0.332 e. The van der Waals surface area contributed by atoms with E-state index < -0.39 is 0 Å². The van der Waals surface area contributed by atoms with Gasteiger partial charge in [0.15, 0.2) is 0 Å². The Balaban J connectivity index is 1.79. The lowest BCUT2D eigenvalue weighted by Gasteiger charge is -2.13. The molecule has 0 saturated heterocycles. The highest BCUT2D eigenvalue weighted by Crippen LogP contribution is 2.28. The summed E-state index contributed by atoms with van der Waals surface area (Å²) in [4.78, 5) is 13.1. The van der Waals surface area contributed by atoms with Gasteiger partial charge in [0, 0.05) is 10.5 Å².